The molecule has 0 saturated carbocycles. The van der Waals surface area contributed by atoms with Gasteiger partial charge < -0.3 is 10.2 Å². The molecule has 0 radical (unpaired) electrons. The van der Waals surface area contributed by atoms with Crippen LogP contribution in [0.5, 0.6) is 0 Å². The number of halogens is 1. The number of hydrogen-bond donors (Lipinski definition) is 1. The largest absolute Gasteiger partial charge is 0.314 e. The number of nitrogens with one attached hydrogen (secondary N) is 1. The molecule has 2 amide bonds. The number of rotatable bonds is 5. The van der Waals surface area contributed by atoms with E-state index >= 15 is 0 Å². The van der Waals surface area contributed by atoms with Crippen molar-refractivity contribution >= 4 is 29.1 Å². The zero-order chi connectivity index (χ0) is 15.4. The topological polar surface area (TPSA) is 52.7 Å². The van der Waals surface area contributed by atoms with Crippen LogP contribution in [-0.4, -0.2) is 43.0 Å². The summed E-state index contributed by atoms with van der Waals surface area (Å²) >= 11 is 6.09. The number of carbonyl (C=O) groups excluding carboxylic acids is 2. The second-order valence-electron chi connectivity index (χ2n) is 5.12. The number of carbonyl (C=O) groups is 2. The van der Waals surface area contributed by atoms with E-state index in [0.717, 1.165) is 24.2 Å². The first-order chi connectivity index (χ1) is 10.0. The Bertz CT molecular complexity index is 548. The van der Waals surface area contributed by atoms with Gasteiger partial charge in [-0.25, -0.2) is 0 Å². The quantitative estimate of drug-likeness (QED) is 0.844. The Hall–Kier alpha value is -1.59. The highest BCUT2D eigenvalue weighted by Gasteiger charge is 2.32. The van der Waals surface area contributed by atoms with Gasteiger partial charge in [-0.3, -0.25) is 14.5 Å². The van der Waals surface area contributed by atoms with Crippen LogP contribution in [0, 0.1) is 6.92 Å². The number of benzene rings is 1. The highest BCUT2D eigenvalue weighted by Crippen LogP contribution is 2.28. The first kappa shape index (κ1) is 15.8. The molecule has 21 heavy (non-hydrogen) atoms. The molecular weight excluding hydrogens is 290 g/mol. The lowest BCUT2D eigenvalue weighted by molar-refractivity contribution is -0.130. The molecular formula is C15H20ClN3O2. The molecule has 6 heteroatoms. The number of nitrogens with zero attached hydrogens (tertiary/aromatic N) is 2. The third-order valence-corrected chi connectivity index (χ3v) is 3.93. The van der Waals surface area contributed by atoms with Gasteiger partial charge in [0.15, 0.2) is 0 Å². The van der Waals surface area contributed by atoms with E-state index in [2.05, 4.69) is 5.32 Å². The molecule has 0 aliphatic carbocycles. The molecule has 0 atom stereocenters. The Labute approximate surface area is 129 Å². The number of hydrogen-bond acceptors (Lipinski definition) is 3. The van der Waals surface area contributed by atoms with Gasteiger partial charge >= 0.3 is 0 Å². The van der Waals surface area contributed by atoms with Crippen LogP contribution in [0.3, 0.4) is 0 Å². The maximum Gasteiger partial charge on any atom is 0.248 e. The summed E-state index contributed by atoms with van der Waals surface area (Å²) in [4.78, 5) is 27.4. The van der Waals surface area contributed by atoms with Gasteiger partial charge in [-0.05, 0) is 37.6 Å². The molecule has 1 fully saturated rings. The van der Waals surface area contributed by atoms with Crippen molar-refractivity contribution < 1.29 is 9.59 Å². The minimum Gasteiger partial charge on any atom is -0.314 e. The first-order valence-corrected chi connectivity index (χ1v) is 7.46. The third kappa shape index (κ3) is 3.54. The normalized spacial score (nSPS) is 14.9. The number of anilines is 1. The molecule has 1 heterocycles. The number of amides is 2. The molecule has 1 aromatic carbocycles. The summed E-state index contributed by atoms with van der Waals surface area (Å²) in [5.41, 5.74) is 1.62. The zero-order valence-corrected chi connectivity index (χ0v) is 13.1. The second-order valence-corrected chi connectivity index (χ2v) is 5.52. The lowest BCUT2D eigenvalue weighted by Gasteiger charge is -2.20. The summed E-state index contributed by atoms with van der Waals surface area (Å²) in [5.74, 6) is -0.136. The van der Waals surface area contributed by atoms with E-state index in [0.29, 0.717) is 5.02 Å². The molecule has 5 nitrogen and oxygen atoms in total. The average Bonchev–Trinajstić information content (AvgIpc) is 2.84. The molecule has 2 rings (SSSR count). The molecule has 0 spiro atoms. The van der Waals surface area contributed by atoms with Crippen molar-refractivity contribution in [3.05, 3.63) is 28.8 Å². The minimum absolute atomic E-state index is 0.0565. The van der Waals surface area contributed by atoms with E-state index in [1.54, 1.807) is 15.9 Å². The van der Waals surface area contributed by atoms with Crippen LogP contribution in [-0.2, 0) is 9.59 Å². The van der Waals surface area contributed by atoms with Crippen LogP contribution in [0.15, 0.2) is 18.2 Å². The molecule has 1 N–H and O–H groups in total. The summed E-state index contributed by atoms with van der Waals surface area (Å²) in [6, 6.07) is 5.45. The fourth-order valence-electron chi connectivity index (χ4n) is 2.30. The van der Waals surface area contributed by atoms with Crippen molar-refractivity contribution in [3.8, 4) is 0 Å². The Morgan fingerprint density at radius 1 is 1.43 bits per heavy atom. The highest BCUT2D eigenvalue weighted by atomic mass is 35.5. The third-order valence-electron chi connectivity index (χ3n) is 3.52. The first-order valence-electron chi connectivity index (χ1n) is 7.08. The summed E-state index contributed by atoms with van der Waals surface area (Å²) < 4.78 is 0. The average molecular weight is 310 g/mol. The van der Waals surface area contributed by atoms with Gasteiger partial charge in [-0.15, -0.1) is 0 Å². The maximum absolute atomic E-state index is 12.2. The fraction of sp³-hybridized carbons (Fsp3) is 0.467. The van der Waals surface area contributed by atoms with Gasteiger partial charge in [0.25, 0.3) is 0 Å². The Balaban J connectivity index is 2.06. The van der Waals surface area contributed by atoms with Crippen molar-refractivity contribution in [2.45, 2.75) is 20.3 Å². The lowest BCUT2D eigenvalue weighted by atomic mass is 10.2. The molecule has 0 bridgehead atoms. The van der Waals surface area contributed by atoms with E-state index in [-0.39, 0.29) is 31.6 Å². The summed E-state index contributed by atoms with van der Waals surface area (Å²) in [6.07, 6.45) is 0.972. The predicted molar refractivity (Wildman–Crippen MR) is 83.4 cm³/mol. The van der Waals surface area contributed by atoms with Crippen molar-refractivity contribution in [2.24, 2.45) is 0 Å². The van der Waals surface area contributed by atoms with Gasteiger partial charge in [-0.2, -0.15) is 0 Å². The van der Waals surface area contributed by atoms with Gasteiger partial charge in [0.2, 0.25) is 11.8 Å². The van der Waals surface area contributed by atoms with E-state index in [4.69, 9.17) is 11.6 Å². The summed E-state index contributed by atoms with van der Waals surface area (Å²) in [5, 5.41) is 3.68. The van der Waals surface area contributed by atoms with Crippen LogP contribution in [0.2, 0.25) is 5.02 Å². The van der Waals surface area contributed by atoms with Gasteiger partial charge in [-0.1, -0.05) is 24.6 Å². The Kier molecular flexibility index (Phi) is 5.20. The van der Waals surface area contributed by atoms with Crippen molar-refractivity contribution in [2.75, 3.05) is 31.2 Å². The fourth-order valence-corrected chi connectivity index (χ4v) is 2.47. The van der Waals surface area contributed by atoms with Crippen molar-refractivity contribution in [1.29, 1.82) is 0 Å². The monoisotopic (exact) mass is 309 g/mol. The maximum atomic E-state index is 12.2. The van der Waals surface area contributed by atoms with Crippen LogP contribution in [0.25, 0.3) is 0 Å². The van der Waals surface area contributed by atoms with E-state index in [1.807, 2.05) is 26.0 Å². The van der Waals surface area contributed by atoms with E-state index in [9.17, 15) is 9.59 Å². The second kappa shape index (κ2) is 6.91. The van der Waals surface area contributed by atoms with Gasteiger partial charge in [0.1, 0.15) is 13.2 Å². The van der Waals surface area contributed by atoms with Gasteiger partial charge in [0, 0.05) is 10.7 Å². The minimum atomic E-state index is -0.0794. The van der Waals surface area contributed by atoms with Crippen molar-refractivity contribution in [3.63, 3.8) is 0 Å². The zero-order valence-electron chi connectivity index (χ0n) is 12.4. The summed E-state index contributed by atoms with van der Waals surface area (Å²) in [6.45, 7) is 5.39. The molecule has 0 aromatic heterocycles. The van der Waals surface area contributed by atoms with Crippen molar-refractivity contribution in [1.82, 2.24) is 10.2 Å². The molecule has 1 aliphatic heterocycles. The molecule has 1 saturated heterocycles. The molecule has 1 aromatic rings. The van der Waals surface area contributed by atoms with E-state index < -0.39 is 0 Å². The van der Waals surface area contributed by atoms with E-state index in [1.165, 1.54) is 0 Å². The molecule has 1 aliphatic rings. The standard InChI is InChI=1S/C15H20ClN3O2/c1-3-7-17-8-14(20)18-9-15(21)19(10-18)13-6-4-5-12(16)11(13)2/h4-6,17H,3,7-10H2,1-2H3. The lowest BCUT2D eigenvalue weighted by Crippen LogP contribution is -2.38. The van der Waals surface area contributed by atoms with Crippen LogP contribution in [0.1, 0.15) is 18.9 Å². The Morgan fingerprint density at radius 2 is 2.19 bits per heavy atom. The molecule has 114 valence electrons. The Morgan fingerprint density at radius 3 is 2.90 bits per heavy atom. The van der Waals surface area contributed by atoms with Crippen LogP contribution >= 0.6 is 11.6 Å². The smallest absolute Gasteiger partial charge is 0.248 e. The summed E-state index contributed by atoms with van der Waals surface area (Å²) in [7, 11) is 0. The molecule has 0 unspecified atom stereocenters. The predicted octanol–water partition coefficient (Wildman–Crippen LogP) is 1.78. The van der Waals surface area contributed by atoms with Crippen LogP contribution < -0.4 is 10.2 Å². The van der Waals surface area contributed by atoms with Gasteiger partial charge in [0.05, 0.1) is 6.54 Å². The SMILES string of the molecule is CCCNCC(=O)N1CC(=O)N(c2cccc(Cl)c2C)C1. The highest BCUT2D eigenvalue weighted by molar-refractivity contribution is 6.31. The van der Waals surface area contributed by atoms with Crippen LogP contribution in [0.4, 0.5) is 5.69 Å².